The summed E-state index contributed by atoms with van der Waals surface area (Å²) in [7, 11) is 0. The van der Waals surface area contributed by atoms with Crippen LogP contribution in [0.5, 0.6) is 5.75 Å². The first-order valence-electron chi connectivity index (χ1n) is 6.85. The summed E-state index contributed by atoms with van der Waals surface area (Å²) in [6.07, 6.45) is 0.324. The van der Waals surface area contributed by atoms with Gasteiger partial charge in [-0.2, -0.15) is 0 Å². The number of carbonyl (C=O) groups is 1. The van der Waals surface area contributed by atoms with Gasteiger partial charge in [0.15, 0.2) is 6.10 Å². The van der Waals surface area contributed by atoms with E-state index < -0.39 is 6.10 Å². The number of amides is 1. The standard InChI is InChI=1S/C15H23BrN2O2/c1-10(2)8-13(9-17)18-15(19)11(3)20-14-6-4-12(16)5-7-14/h4-7,10-11,13H,8-9,17H2,1-3H3,(H,18,19). The molecule has 1 rings (SSSR count). The lowest BCUT2D eigenvalue weighted by molar-refractivity contribution is -0.128. The highest BCUT2D eigenvalue weighted by Crippen LogP contribution is 2.17. The zero-order valence-corrected chi connectivity index (χ0v) is 13.8. The molecule has 0 aliphatic heterocycles. The number of carbonyl (C=O) groups excluding carboxylic acids is 1. The van der Waals surface area contributed by atoms with Gasteiger partial charge < -0.3 is 15.8 Å². The van der Waals surface area contributed by atoms with Crippen molar-refractivity contribution in [1.29, 1.82) is 0 Å². The molecule has 0 spiro atoms. The van der Waals surface area contributed by atoms with Crippen LogP contribution in [0.1, 0.15) is 27.2 Å². The monoisotopic (exact) mass is 342 g/mol. The highest BCUT2D eigenvalue weighted by Gasteiger charge is 2.19. The molecule has 0 saturated carbocycles. The number of hydrogen-bond acceptors (Lipinski definition) is 3. The summed E-state index contributed by atoms with van der Waals surface area (Å²) in [4.78, 5) is 12.1. The minimum atomic E-state index is -0.544. The van der Waals surface area contributed by atoms with E-state index in [9.17, 15) is 4.79 Å². The predicted molar refractivity (Wildman–Crippen MR) is 84.7 cm³/mol. The first kappa shape index (κ1) is 17.0. The molecule has 1 amide bonds. The summed E-state index contributed by atoms with van der Waals surface area (Å²) in [5.41, 5.74) is 5.68. The first-order chi connectivity index (χ1) is 9.42. The number of nitrogens with two attached hydrogens (primary N) is 1. The molecule has 0 radical (unpaired) electrons. The Labute approximate surface area is 129 Å². The van der Waals surface area contributed by atoms with Gasteiger partial charge in [0, 0.05) is 17.1 Å². The van der Waals surface area contributed by atoms with Crippen molar-refractivity contribution in [3.63, 3.8) is 0 Å². The molecule has 5 heteroatoms. The van der Waals surface area contributed by atoms with Gasteiger partial charge in [0.05, 0.1) is 0 Å². The predicted octanol–water partition coefficient (Wildman–Crippen LogP) is 2.71. The van der Waals surface area contributed by atoms with Crippen molar-refractivity contribution in [2.75, 3.05) is 6.54 Å². The Morgan fingerprint density at radius 1 is 1.30 bits per heavy atom. The average molecular weight is 343 g/mol. The van der Waals surface area contributed by atoms with Crippen LogP contribution in [0.3, 0.4) is 0 Å². The Kier molecular flexibility index (Phi) is 7.02. The molecule has 2 atom stereocenters. The van der Waals surface area contributed by atoms with E-state index in [1.807, 2.05) is 24.3 Å². The lowest BCUT2D eigenvalue weighted by Gasteiger charge is -2.21. The van der Waals surface area contributed by atoms with Gasteiger partial charge in [-0.3, -0.25) is 4.79 Å². The number of hydrogen-bond donors (Lipinski definition) is 2. The summed E-state index contributed by atoms with van der Waals surface area (Å²) in [5.74, 6) is 1.03. The third-order valence-corrected chi connectivity index (χ3v) is 3.41. The number of nitrogens with one attached hydrogen (secondary N) is 1. The van der Waals surface area contributed by atoms with Crippen LogP contribution in [0.25, 0.3) is 0 Å². The first-order valence-corrected chi connectivity index (χ1v) is 7.64. The third kappa shape index (κ3) is 5.92. The summed E-state index contributed by atoms with van der Waals surface area (Å²) >= 11 is 3.36. The van der Waals surface area contributed by atoms with E-state index in [4.69, 9.17) is 10.5 Å². The molecule has 0 aliphatic carbocycles. The Hall–Kier alpha value is -1.07. The molecule has 112 valence electrons. The molecule has 3 N–H and O–H groups in total. The lowest BCUT2D eigenvalue weighted by atomic mass is 10.0. The second-order valence-corrected chi connectivity index (χ2v) is 6.20. The number of halogens is 1. The van der Waals surface area contributed by atoms with E-state index in [-0.39, 0.29) is 11.9 Å². The van der Waals surface area contributed by atoms with Gasteiger partial charge in [-0.25, -0.2) is 0 Å². The van der Waals surface area contributed by atoms with Crippen LogP contribution in [-0.2, 0) is 4.79 Å². The molecule has 4 nitrogen and oxygen atoms in total. The van der Waals surface area contributed by atoms with Gasteiger partial charge in [-0.15, -0.1) is 0 Å². The summed E-state index contributed by atoms with van der Waals surface area (Å²) in [6.45, 7) is 6.39. The molecule has 0 fully saturated rings. The topological polar surface area (TPSA) is 64.3 Å². The highest BCUT2D eigenvalue weighted by atomic mass is 79.9. The van der Waals surface area contributed by atoms with Crippen molar-refractivity contribution in [3.05, 3.63) is 28.7 Å². The highest BCUT2D eigenvalue weighted by molar-refractivity contribution is 9.10. The van der Waals surface area contributed by atoms with Crippen molar-refractivity contribution >= 4 is 21.8 Å². The maximum atomic E-state index is 12.1. The molecule has 20 heavy (non-hydrogen) atoms. The van der Waals surface area contributed by atoms with Gasteiger partial charge in [-0.05, 0) is 43.5 Å². The molecule has 0 aromatic heterocycles. The zero-order valence-electron chi connectivity index (χ0n) is 12.2. The molecule has 2 unspecified atom stereocenters. The smallest absolute Gasteiger partial charge is 0.261 e. The lowest BCUT2D eigenvalue weighted by Crippen LogP contribution is -2.46. The number of rotatable bonds is 7. The van der Waals surface area contributed by atoms with Crippen LogP contribution in [0.2, 0.25) is 0 Å². The molecule has 0 heterocycles. The second kappa shape index (κ2) is 8.27. The van der Waals surface area contributed by atoms with E-state index in [0.717, 1.165) is 10.9 Å². The Morgan fingerprint density at radius 2 is 1.90 bits per heavy atom. The molecular formula is C15H23BrN2O2. The van der Waals surface area contributed by atoms with Gasteiger partial charge in [0.1, 0.15) is 5.75 Å². The average Bonchev–Trinajstić information content (AvgIpc) is 2.39. The van der Waals surface area contributed by atoms with Gasteiger partial charge in [0.2, 0.25) is 0 Å². The Morgan fingerprint density at radius 3 is 2.40 bits per heavy atom. The fraction of sp³-hybridized carbons (Fsp3) is 0.533. The Bertz CT molecular complexity index is 420. The fourth-order valence-electron chi connectivity index (χ4n) is 1.87. The van der Waals surface area contributed by atoms with Gasteiger partial charge in [0.25, 0.3) is 5.91 Å². The molecule has 1 aromatic carbocycles. The molecule has 0 aliphatic rings. The molecule has 0 bridgehead atoms. The van der Waals surface area contributed by atoms with E-state index in [0.29, 0.717) is 18.2 Å². The van der Waals surface area contributed by atoms with E-state index >= 15 is 0 Å². The van der Waals surface area contributed by atoms with E-state index in [1.54, 1.807) is 6.92 Å². The van der Waals surface area contributed by atoms with Crippen molar-refractivity contribution < 1.29 is 9.53 Å². The van der Waals surface area contributed by atoms with Gasteiger partial charge >= 0.3 is 0 Å². The van der Waals surface area contributed by atoms with Crippen molar-refractivity contribution in [2.45, 2.75) is 39.3 Å². The van der Waals surface area contributed by atoms with Gasteiger partial charge in [-0.1, -0.05) is 29.8 Å². The Balaban J connectivity index is 2.51. The second-order valence-electron chi connectivity index (χ2n) is 5.28. The summed E-state index contributed by atoms with van der Waals surface area (Å²) in [6, 6.07) is 7.40. The maximum absolute atomic E-state index is 12.1. The third-order valence-electron chi connectivity index (χ3n) is 2.88. The van der Waals surface area contributed by atoms with Crippen LogP contribution in [-0.4, -0.2) is 24.6 Å². The number of benzene rings is 1. The van der Waals surface area contributed by atoms with Crippen LogP contribution in [0.15, 0.2) is 28.7 Å². The number of ether oxygens (including phenoxy) is 1. The summed E-state index contributed by atoms with van der Waals surface area (Å²) in [5, 5.41) is 2.93. The largest absolute Gasteiger partial charge is 0.481 e. The van der Waals surface area contributed by atoms with E-state index in [1.165, 1.54) is 0 Å². The van der Waals surface area contributed by atoms with E-state index in [2.05, 4.69) is 35.1 Å². The molecular weight excluding hydrogens is 320 g/mol. The quantitative estimate of drug-likeness (QED) is 0.800. The molecule has 1 aromatic rings. The maximum Gasteiger partial charge on any atom is 0.261 e. The van der Waals surface area contributed by atoms with Crippen molar-refractivity contribution in [3.8, 4) is 5.75 Å². The normalized spacial score (nSPS) is 13.9. The van der Waals surface area contributed by atoms with Crippen molar-refractivity contribution in [2.24, 2.45) is 11.7 Å². The minimum absolute atomic E-state index is 0.00142. The zero-order chi connectivity index (χ0) is 15.1. The summed E-state index contributed by atoms with van der Waals surface area (Å²) < 4.78 is 6.58. The minimum Gasteiger partial charge on any atom is -0.481 e. The van der Waals surface area contributed by atoms with Crippen LogP contribution in [0.4, 0.5) is 0 Å². The molecule has 0 saturated heterocycles. The van der Waals surface area contributed by atoms with Crippen molar-refractivity contribution in [1.82, 2.24) is 5.32 Å². The fourth-order valence-corrected chi connectivity index (χ4v) is 2.14. The van der Waals surface area contributed by atoms with Crippen LogP contribution >= 0.6 is 15.9 Å². The van der Waals surface area contributed by atoms with Crippen LogP contribution < -0.4 is 15.8 Å². The SMILES string of the molecule is CC(C)CC(CN)NC(=O)C(C)Oc1ccc(Br)cc1. The van der Waals surface area contributed by atoms with Crippen LogP contribution in [0, 0.1) is 5.92 Å².